The van der Waals surface area contributed by atoms with Gasteiger partial charge >= 0.3 is 17.9 Å². The topological polar surface area (TPSA) is 196 Å². The van der Waals surface area contributed by atoms with Crippen LogP contribution in [0.3, 0.4) is 0 Å². The minimum absolute atomic E-state index is 0.190. The maximum Gasteiger partial charge on any atom is 0.322 e. The van der Waals surface area contributed by atoms with E-state index in [1.165, 1.54) is 21.6 Å². The van der Waals surface area contributed by atoms with Crippen LogP contribution in [0.5, 0.6) is 0 Å². The number of rotatable bonds is 11. The Morgan fingerprint density at radius 3 is 1.74 bits per heavy atom. The van der Waals surface area contributed by atoms with Crippen LogP contribution >= 0.6 is 46.4 Å². The van der Waals surface area contributed by atoms with E-state index in [9.17, 15) is 14.4 Å². The highest BCUT2D eigenvalue weighted by Crippen LogP contribution is 2.22. The van der Waals surface area contributed by atoms with Crippen LogP contribution in [0.1, 0.15) is 0 Å². The second kappa shape index (κ2) is 15.2. The number of nitrogens with one attached hydrogen (secondary N) is 1. The molecule has 0 bridgehead atoms. The molecule has 0 saturated carbocycles. The van der Waals surface area contributed by atoms with Crippen LogP contribution in [0.2, 0.25) is 0 Å². The first-order chi connectivity index (χ1) is 10.7. The Morgan fingerprint density at radius 2 is 1.43 bits per heavy atom. The van der Waals surface area contributed by atoms with Gasteiger partial charge in [0.15, 0.2) is 0 Å². The molecule has 14 heteroatoms. The number of hydrogen-bond acceptors (Lipinski definition) is 11. The molecule has 0 radical (unpaired) electrons. The van der Waals surface area contributed by atoms with Gasteiger partial charge in [0, 0.05) is 17.3 Å². The molecule has 0 rings (SSSR count). The Morgan fingerprint density at radius 1 is 0.957 bits per heavy atom. The van der Waals surface area contributed by atoms with Gasteiger partial charge in [-0.3, -0.25) is 14.4 Å². The summed E-state index contributed by atoms with van der Waals surface area (Å²) in [6.07, 6.45) is 0. The molecular weight excluding hydrogens is 390 g/mol. The molecule has 0 aromatic rings. The van der Waals surface area contributed by atoms with Gasteiger partial charge in [-0.1, -0.05) is 21.6 Å². The van der Waals surface area contributed by atoms with Crippen LogP contribution in [-0.4, -0.2) is 73.2 Å². The fourth-order valence-corrected chi connectivity index (χ4v) is 3.45. The molecule has 0 aliphatic heterocycles. The number of carbonyl (C=O) groups is 3. The maximum absolute atomic E-state index is 10.6. The zero-order valence-corrected chi connectivity index (χ0v) is 15.0. The monoisotopic (exact) mass is 409 g/mol. The summed E-state index contributed by atoms with van der Waals surface area (Å²) in [5.41, 5.74) is 10.2. The SMILES string of the molecule is NC(CSSC[C@H](NSO)C(=O)O)C(=O)O.N[C@@H](CS)C(=O)O. The second-order valence-electron chi connectivity index (χ2n) is 3.74. The summed E-state index contributed by atoms with van der Waals surface area (Å²) < 4.78 is 10.7. The van der Waals surface area contributed by atoms with Crippen molar-refractivity contribution in [2.75, 3.05) is 17.3 Å². The number of hydrogen-bond donors (Lipinski definition) is 8. The molecule has 0 heterocycles. The average Bonchev–Trinajstić information content (AvgIpc) is 2.49. The highest BCUT2D eigenvalue weighted by atomic mass is 33.1. The van der Waals surface area contributed by atoms with Crippen molar-refractivity contribution in [1.82, 2.24) is 4.72 Å². The van der Waals surface area contributed by atoms with E-state index < -0.39 is 36.0 Å². The Hall–Kier alpha value is -0.350. The molecule has 0 aliphatic rings. The molecule has 23 heavy (non-hydrogen) atoms. The third-order valence-electron chi connectivity index (χ3n) is 1.89. The highest BCUT2D eigenvalue weighted by Gasteiger charge is 2.18. The van der Waals surface area contributed by atoms with Crippen molar-refractivity contribution in [2.24, 2.45) is 11.5 Å². The lowest BCUT2D eigenvalue weighted by Crippen LogP contribution is -2.34. The molecule has 9 N–H and O–H groups in total. The van der Waals surface area contributed by atoms with E-state index in [0.717, 1.165) is 0 Å². The van der Waals surface area contributed by atoms with Gasteiger partial charge in [-0.2, -0.15) is 12.6 Å². The first kappa shape index (κ1) is 24.9. The Bertz CT molecular complexity index is 377. The molecule has 0 fully saturated rings. The van der Waals surface area contributed by atoms with E-state index in [2.05, 4.69) is 17.4 Å². The predicted octanol–water partition coefficient (Wildman–Crippen LogP) is -0.728. The zero-order valence-electron chi connectivity index (χ0n) is 11.7. The Labute approximate surface area is 150 Å². The minimum atomic E-state index is -1.09. The van der Waals surface area contributed by atoms with E-state index >= 15 is 0 Å². The highest BCUT2D eigenvalue weighted by molar-refractivity contribution is 8.76. The van der Waals surface area contributed by atoms with E-state index in [1.807, 2.05) is 0 Å². The largest absolute Gasteiger partial charge is 0.480 e. The minimum Gasteiger partial charge on any atom is -0.480 e. The molecule has 0 aromatic heterocycles. The van der Waals surface area contributed by atoms with Crippen LogP contribution in [0.4, 0.5) is 0 Å². The number of carboxylic acid groups (broad SMARTS) is 3. The molecule has 0 amide bonds. The van der Waals surface area contributed by atoms with Gasteiger partial charge in [0.25, 0.3) is 0 Å². The molecule has 0 saturated heterocycles. The van der Waals surface area contributed by atoms with Gasteiger partial charge in [0.1, 0.15) is 18.1 Å². The first-order valence-corrected chi connectivity index (χ1v) is 9.67. The van der Waals surface area contributed by atoms with Crippen molar-refractivity contribution >= 4 is 64.4 Å². The smallest absolute Gasteiger partial charge is 0.322 e. The van der Waals surface area contributed by atoms with E-state index in [0.29, 0.717) is 0 Å². The average molecular weight is 410 g/mol. The Kier molecular flexibility index (Phi) is 16.4. The summed E-state index contributed by atoms with van der Waals surface area (Å²) in [5, 5.41) is 25.2. The third-order valence-corrected chi connectivity index (χ3v) is 5.12. The quantitative estimate of drug-likeness (QED) is 0.0699. The Balaban J connectivity index is 0. The fraction of sp³-hybridized carbons (Fsp3) is 0.667. The van der Waals surface area contributed by atoms with Crippen molar-refractivity contribution in [1.29, 1.82) is 0 Å². The fourth-order valence-electron chi connectivity index (χ4n) is 0.606. The van der Waals surface area contributed by atoms with Gasteiger partial charge in [-0.25, -0.2) is 4.72 Å². The molecule has 3 atom stereocenters. The predicted molar refractivity (Wildman–Crippen MR) is 94.8 cm³/mol. The van der Waals surface area contributed by atoms with Gasteiger partial charge in [0.2, 0.25) is 0 Å². The lowest BCUT2D eigenvalue weighted by atomic mass is 10.4. The number of aliphatic carboxylic acids is 3. The number of carboxylic acids is 3. The van der Waals surface area contributed by atoms with E-state index in [1.54, 1.807) is 0 Å². The molecule has 0 aromatic carbocycles. The summed E-state index contributed by atoms with van der Waals surface area (Å²) >= 11 is 3.88. The molecule has 1 unspecified atom stereocenters. The van der Waals surface area contributed by atoms with Gasteiger partial charge < -0.3 is 31.3 Å². The zero-order chi connectivity index (χ0) is 18.4. The van der Waals surface area contributed by atoms with Crippen molar-refractivity contribution in [3.8, 4) is 0 Å². The van der Waals surface area contributed by atoms with Crippen LogP contribution in [0, 0.1) is 0 Å². The summed E-state index contributed by atoms with van der Waals surface area (Å²) in [4.78, 5) is 30.7. The van der Waals surface area contributed by atoms with Crippen molar-refractivity contribution < 1.29 is 34.3 Å². The van der Waals surface area contributed by atoms with Crippen LogP contribution in [-0.2, 0) is 14.4 Å². The van der Waals surface area contributed by atoms with Gasteiger partial charge in [0.05, 0.1) is 12.2 Å². The third kappa shape index (κ3) is 14.9. The van der Waals surface area contributed by atoms with Crippen LogP contribution in [0.25, 0.3) is 0 Å². The molecule has 136 valence electrons. The molecule has 0 spiro atoms. The number of thiol groups is 1. The van der Waals surface area contributed by atoms with E-state index in [4.69, 9.17) is 31.3 Å². The van der Waals surface area contributed by atoms with Crippen molar-refractivity contribution in [3.63, 3.8) is 0 Å². The van der Waals surface area contributed by atoms with Crippen LogP contribution < -0.4 is 16.2 Å². The van der Waals surface area contributed by atoms with Gasteiger partial charge in [-0.05, 0) is 0 Å². The maximum atomic E-state index is 10.6. The summed E-state index contributed by atoms with van der Waals surface area (Å²) in [6, 6.07) is -2.67. The van der Waals surface area contributed by atoms with Crippen molar-refractivity contribution in [2.45, 2.75) is 18.1 Å². The van der Waals surface area contributed by atoms with Crippen molar-refractivity contribution in [3.05, 3.63) is 0 Å². The second-order valence-corrected chi connectivity index (χ2v) is 7.08. The summed E-state index contributed by atoms with van der Waals surface area (Å²) in [7, 11) is 2.36. The summed E-state index contributed by atoms with van der Waals surface area (Å²) in [6.45, 7) is 0. The van der Waals surface area contributed by atoms with E-state index in [-0.39, 0.29) is 29.5 Å². The summed E-state index contributed by atoms with van der Waals surface area (Å²) in [5.74, 6) is -2.60. The lowest BCUT2D eigenvalue weighted by Gasteiger charge is -2.10. The van der Waals surface area contributed by atoms with Crippen LogP contribution in [0.15, 0.2) is 0 Å². The molecular formula is C9H19N3O7S4. The standard InChI is InChI=1S/C6H12N2O5S3.C3H7NO2S/c7-3(5(9)10)1-14-15-2-4(6(11)12)8-16-13;4-2(1-7)3(5)6/h3-4,8,13H,1-2,7H2,(H,9,10)(H,11,12);2,7H,1,4H2,(H,5,6)/t3?,4-;2-/m00/s1. The number of nitrogens with two attached hydrogens (primary N) is 2. The molecule has 10 nitrogen and oxygen atoms in total. The molecule has 0 aliphatic carbocycles. The first-order valence-electron chi connectivity index (χ1n) is 5.78. The normalized spacial score (nSPS) is 14.1. The van der Waals surface area contributed by atoms with Gasteiger partial charge in [-0.15, -0.1) is 0 Å². The lowest BCUT2D eigenvalue weighted by molar-refractivity contribution is -0.139.